The fraction of sp³-hybridized carbons (Fsp3) is 0.355. The zero-order valence-corrected chi connectivity index (χ0v) is 23.7. The van der Waals surface area contributed by atoms with Gasteiger partial charge in [-0.05, 0) is 49.1 Å². The molecular formula is C31H36FN3O4S. The van der Waals surface area contributed by atoms with E-state index in [2.05, 4.69) is 5.32 Å². The van der Waals surface area contributed by atoms with Crippen molar-refractivity contribution in [3.63, 3.8) is 0 Å². The van der Waals surface area contributed by atoms with Crippen molar-refractivity contribution in [2.75, 3.05) is 17.1 Å². The van der Waals surface area contributed by atoms with E-state index in [0.29, 0.717) is 5.69 Å². The van der Waals surface area contributed by atoms with Crippen LogP contribution in [0.2, 0.25) is 0 Å². The predicted octanol–water partition coefficient (Wildman–Crippen LogP) is 4.60. The lowest BCUT2D eigenvalue weighted by Gasteiger charge is -2.34. The molecule has 0 heterocycles. The van der Waals surface area contributed by atoms with Crippen molar-refractivity contribution in [3.05, 3.63) is 101 Å². The average molecular weight is 566 g/mol. The van der Waals surface area contributed by atoms with E-state index in [4.69, 9.17) is 0 Å². The third-order valence-corrected chi connectivity index (χ3v) is 8.38. The van der Waals surface area contributed by atoms with Gasteiger partial charge < -0.3 is 10.2 Å². The summed E-state index contributed by atoms with van der Waals surface area (Å²) in [7, 11) is -3.86. The van der Waals surface area contributed by atoms with E-state index < -0.39 is 34.3 Å². The molecule has 1 saturated carbocycles. The number of hydrogen-bond acceptors (Lipinski definition) is 4. The van der Waals surface area contributed by atoms with Gasteiger partial charge in [-0.1, -0.05) is 73.5 Å². The monoisotopic (exact) mass is 565 g/mol. The summed E-state index contributed by atoms with van der Waals surface area (Å²) in [6.45, 7) is 1.12. The maximum Gasteiger partial charge on any atom is 0.244 e. The van der Waals surface area contributed by atoms with Gasteiger partial charge in [0.2, 0.25) is 21.8 Å². The maximum absolute atomic E-state index is 14.8. The lowest BCUT2D eigenvalue weighted by Crippen LogP contribution is -2.54. The first kappa shape index (κ1) is 29.3. The Kier molecular flexibility index (Phi) is 9.58. The Morgan fingerprint density at radius 2 is 1.65 bits per heavy atom. The van der Waals surface area contributed by atoms with Gasteiger partial charge in [0.05, 0.1) is 11.9 Å². The first-order valence-electron chi connectivity index (χ1n) is 13.5. The SMILES string of the molecule is Cc1cccc(N(CC(=O)N(Cc2ccccc2F)[C@@H](Cc2ccccc2)C(=O)NC2CCCC2)S(C)(=O)=O)c1. The van der Waals surface area contributed by atoms with Gasteiger partial charge in [0.15, 0.2) is 0 Å². The number of aryl methyl sites for hydroxylation is 1. The molecule has 1 N–H and O–H groups in total. The predicted molar refractivity (Wildman–Crippen MR) is 155 cm³/mol. The summed E-state index contributed by atoms with van der Waals surface area (Å²) >= 11 is 0. The van der Waals surface area contributed by atoms with Crippen LogP contribution in [0, 0.1) is 12.7 Å². The molecule has 4 rings (SSSR count). The fourth-order valence-corrected chi connectivity index (χ4v) is 5.97. The van der Waals surface area contributed by atoms with E-state index in [0.717, 1.165) is 47.4 Å². The van der Waals surface area contributed by atoms with Crippen molar-refractivity contribution in [2.45, 2.75) is 57.7 Å². The molecule has 3 aromatic rings. The van der Waals surface area contributed by atoms with E-state index in [1.54, 1.807) is 36.4 Å². The average Bonchev–Trinajstić information content (AvgIpc) is 3.43. The van der Waals surface area contributed by atoms with Crippen LogP contribution >= 0.6 is 0 Å². The van der Waals surface area contributed by atoms with Crippen LogP contribution in [0.25, 0.3) is 0 Å². The van der Waals surface area contributed by atoms with Crippen LogP contribution in [-0.2, 0) is 32.6 Å². The van der Waals surface area contributed by atoms with Gasteiger partial charge in [-0.3, -0.25) is 13.9 Å². The molecule has 0 bridgehead atoms. The molecule has 9 heteroatoms. The minimum Gasteiger partial charge on any atom is -0.352 e. The van der Waals surface area contributed by atoms with Crippen molar-refractivity contribution < 1.29 is 22.4 Å². The second-order valence-corrected chi connectivity index (χ2v) is 12.3. The van der Waals surface area contributed by atoms with Crippen LogP contribution < -0.4 is 9.62 Å². The summed E-state index contributed by atoms with van der Waals surface area (Å²) < 4.78 is 41.6. The van der Waals surface area contributed by atoms with Gasteiger partial charge in [-0.2, -0.15) is 0 Å². The molecule has 40 heavy (non-hydrogen) atoms. The molecular weight excluding hydrogens is 529 g/mol. The Labute approximate surface area is 236 Å². The smallest absolute Gasteiger partial charge is 0.244 e. The molecule has 0 spiro atoms. The summed E-state index contributed by atoms with van der Waals surface area (Å²) in [6.07, 6.45) is 5.00. The maximum atomic E-state index is 14.8. The lowest BCUT2D eigenvalue weighted by atomic mass is 10.0. The molecule has 212 valence electrons. The number of hydrogen-bond donors (Lipinski definition) is 1. The summed E-state index contributed by atoms with van der Waals surface area (Å²) in [5.41, 5.74) is 2.25. The number of nitrogens with zero attached hydrogens (tertiary/aromatic N) is 2. The fourth-order valence-electron chi connectivity index (χ4n) is 5.13. The molecule has 0 unspecified atom stereocenters. The highest BCUT2D eigenvalue weighted by Gasteiger charge is 2.34. The van der Waals surface area contributed by atoms with E-state index in [-0.39, 0.29) is 30.5 Å². The molecule has 3 aromatic carbocycles. The van der Waals surface area contributed by atoms with Crippen molar-refractivity contribution in [2.24, 2.45) is 0 Å². The molecule has 0 aliphatic heterocycles. The number of amides is 2. The molecule has 0 saturated heterocycles. The number of halogens is 1. The third kappa shape index (κ3) is 7.69. The number of carbonyl (C=O) groups is 2. The van der Waals surface area contributed by atoms with Crippen LogP contribution in [-0.4, -0.2) is 50.0 Å². The van der Waals surface area contributed by atoms with Crippen molar-refractivity contribution in [1.29, 1.82) is 0 Å². The summed E-state index contributed by atoms with van der Waals surface area (Å²) in [5.74, 6) is -1.44. The summed E-state index contributed by atoms with van der Waals surface area (Å²) in [5, 5.41) is 3.10. The van der Waals surface area contributed by atoms with Crippen LogP contribution in [0.15, 0.2) is 78.9 Å². The Morgan fingerprint density at radius 1 is 0.975 bits per heavy atom. The lowest BCUT2D eigenvalue weighted by molar-refractivity contribution is -0.140. The molecule has 0 radical (unpaired) electrons. The van der Waals surface area contributed by atoms with E-state index in [9.17, 15) is 22.4 Å². The van der Waals surface area contributed by atoms with E-state index in [1.165, 1.54) is 11.0 Å². The number of carbonyl (C=O) groups excluding carboxylic acids is 2. The molecule has 2 amide bonds. The Bertz CT molecular complexity index is 1430. The number of anilines is 1. The van der Waals surface area contributed by atoms with Crippen LogP contribution in [0.4, 0.5) is 10.1 Å². The number of benzene rings is 3. The van der Waals surface area contributed by atoms with Gasteiger partial charge in [-0.25, -0.2) is 12.8 Å². The summed E-state index contributed by atoms with van der Waals surface area (Å²) in [6, 6.07) is 21.3. The van der Waals surface area contributed by atoms with E-state index >= 15 is 0 Å². The van der Waals surface area contributed by atoms with Crippen molar-refractivity contribution >= 4 is 27.5 Å². The Balaban J connectivity index is 1.73. The quantitative estimate of drug-likeness (QED) is 0.368. The molecule has 1 aliphatic carbocycles. The third-order valence-electron chi connectivity index (χ3n) is 7.24. The highest BCUT2D eigenvalue weighted by molar-refractivity contribution is 7.92. The zero-order chi connectivity index (χ0) is 28.7. The molecule has 1 aliphatic rings. The largest absolute Gasteiger partial charge is 0.352 e. The molecule has 7 nitrogen and oxygen atoms in total. The number of nitrogens with one attached hydrogen (secondary N) is 1. The summed E-state index contributed by atoms with van der Waals surface area (Å²) in [4.78, 5) is 29.2. The standard InChI is InChI=1S/C31H36FN3O4S/c1-23-11-10-17-27(19-23)35(40(2,38)39)22-30(36)34(21-25-14-6-9-18-28(25)32)29(20-24-12-4-3-5-13-24)31(37)33-26-15-7-8-16-26/h3-6,9-14,17-19,26,29H,7-8,15-16,20-22H2,1-2H3,(H,33,37)/t29-/m0/s1. The van der Waals surface area contributed by atoms with Gasteiger partial charge in [0.1, 0.15) is 18.4 Å². The topological polar surface area (TPSA) is 86.8 Å². The van der Waals surface area contributed by atoms with Gasteiger partial charge in [0, 0.05) is 24.6 Å². The van der Waals surface area contributed by atoms with E-state index in [1.807, 2.05) is 43.3 Å². The minimum atomic E-state index is -3.86. The van der Waals surface area contributed by atoms with Crippen LogP contribution in [0.1, 0.15) is 42.4 Å². The molecule has 1 fully saturated rings. The number of rotatable bonds is 11. The first-order valence-corrected chi connectivity index (χ1v) is 15.4. The highest BCUT2D eigenvalue weighted by atomic mass is 32.2. The first-order chi connectivity index (χ1) is 19.1. The Morgan fingerprint density at radius 3 is 2.30 bits per heavy atom. The van der Waals surface area contributed by atoms with Crippen molar-refractivity contribution in [3.8, 4) is 0 Å². The highest BCUT2D eigenvalue weighted by Crippen LogP contribution is 2.23. The minimum absolute atomic E-state index is 0.0102. The normalized spacial score (nSPS) is 14.5. The Hall–Kier alpha value is -3.72. The zero-order valence-electron chi connectivity index (χ0n) is 22.9. The second kappa shape index (κ2) is 13.1. The van der Waals surface area contributed by atoms with Gasteiger partial charge in [0.25, 0.3) is 0 Å². The molecule has 1 atom stereocenters. The van der Waals surface area contributed by atoms with Crippen LogP contribution in [0.5, 0.6) is 0 Å². The second-order valence-electron chi connectivity index (χ2n) is 10.4. The van der Waals surface area contributed by atoms with Crippen LogP contribution in [0.3, 0.4) is 0 Å². The van der Waals surface area contributed by atoms with Gasteiger partial charge >= 0.3 is 0 Å². The number of sulfonamides is 1. The van der Waals surface area contributed by atoms with Gasteiger partial charge in [-0.15, -0.1) is 0 Å². The van der Waals surface area contributed by atoms with Crippen molar-refractivity contribution in [1.82, 2.24) is 10.2 Å². The molecule has 0 aromatic heterocycles.